The van der Waals surface area contributed by atoms with Crippen LogP contribution in [0.5, 0.6) is 5.75 Å². The average molecular weight is 275 g/mol. The van der Waals surface area contributed by atoms with Gasteiger partial charge in [0.25, 0.3) is 0 Å². The summed E-state index contributed by atoms with van der Waals surface area (Å²) in [5, 5.41) is 0. The molecule has 20 heavy (non-hydrogen) atoms. The molecule has 0 bridgehead atoms. The first-order chi connectivity index (χ1) is 9.37. The fourth-order valence-electron chi connectivity index (χ4n) is 2.75. The molecule has 110 valence electrons. The van der Waals surface area contributed by atoms with Gasteiger partial charge in [0, 0.05) is 0 Å². The van der Waals surface area contributed by atoms with Crippen LogP contribution < -0.4 is 10.5 Å². The van der Waals surface area contributed by atoms with E-state index in [1.807, 2.05) is 12.1 Å². The molecular weight excluding hydrogens is 250 g/mol. The number of carbonyl (C=O) groups is 1. The van der Waals surface area contributed by atoms with Crippen molar-refractivity contribution in [2.45, 2.75) is 58.4 Å². The lowest BCUT2D eigenvalue weighted by molar-refractivity contribution is -0.135. The lowest BCUT2D eigenvalue weighted by Crippen LogP contribution is -2.30. The second-order valence-corrected chi connectivity index (χ2v) is 6.72. The van der Waals surface area contributed by atoms with Crippen LogP contribution >= 0.6 is 0 Å². The van der Waals surface area contributed by atoms with Gasteiger partial charge in [-0.05, 0) is 61.6 Å². The van der Waals surface area contributed by atoms with Crippen molar-refractivity contribution >= 4 is 5.97 Å². The van der Waals surface area contributed by atoms with Crippen molar-refractivity contribution in [3.05, 3.63) is 29.8 Å². The van der Waals surface area contributed by atoms with Crippen LogP contribution in [0.1, 0.15) is 57.9 Å². The monoisotopic (exact) mass is 275 g/mol. The van der Waals surface area contributed by atoms with Crippen molar-refractivity contribution in [3.63, 3.8) is 0 Å². The summed E-state index contributed by atoms with van der Waals surface area (Å²) in [6.45, 7) is 6.32. The summed E-state index contributed by atoms with van der Waals surface area (Å²) in [5.41, 5.74) is 7.32. The second kappa shape index (κ2) is 5.96. The van der Waals surface area contributed by atoms with E-state index in [2.05, 4.69) is 26.0 Å². The molecule has 2 N–H and O–H groups in total. The Morgan fingerprint density at radius 2 is 1.80 bits per heavy atom. The van der Waals surface area contributed by atoms with Gasteiger partial charge >= 0.3 is 5.97 Å². The lowest BCUT2D eigenvalue weighted by atomic mass is 9.71. The maximum atomic E-state index is 11.4. The van der Waals surface area contributed by atoms with E-state index < -0.39 is 12.0 Å². The Morgan fingerprint density at radius 1 is 1.25 bits per heavy atom. The zero-order valence-electron chi connectivity index (χ0n) is 12.7. The SMILES string of the molecule is C[C@H](N)C(=O)Oc1ccc(C2CCC(C)(C)CC2)cc1. The van der Waals surface area contributed by atoms with E-state index in [9.17, 15) is 4.79 Å². The number of hydrogen-bond acceptors (Lipinski definition) is 3. The highest BCUT2D eigenvalue weighted by Gasteiger charge is 2.27. The number of rotatable bonds is 3. The molecule has 1 fully saturated rings. The van der Waals surface area contributed by atoms with Crippen LogP contribution in [-0.4, -0.2) is 12.0 Å². The van der Waals surface area contributed by atoms with E-state index in [0.717, 1.165) is 0 Å². The molecule has 0 amide bonds. The maximum Gasteiger partial charge on any atom is 0.328 e. The Balaban J connectivity index is 1.97. The fraction of sp³-hybridized carbons (Fsp3) is 0.588. The third kappa shape index (κ3) is 3.83. The Hall–Kier alpha value is -1.35. The molecule has 3 nitrogen and oxygen atoms in total. The Kier molecular flexibility index (Phi) is 4.48. The molecule has 1 aliphatic rings. The molecule has 3 heteroatoms. The Bertz CT molecular complexity index is 452. The minimum Gasteiger partial charge on any atom is -0.425 e. The van der Waals surface area contributed by atoms with Crippen LogP contribution in [-0.2, 0) is 4.79 Å². The summed E-state index contributed by atoms with van der Waals surface area (Å²) < 4.78 is 5.19. The van der Waals surface area contributed by atoms with Gasteiger partial charge in [0.2, 0.25) is 0 Å². The van der Waals surface area contributed by atoms with E-state index in [0.29, 0.717) is 17.1 Å². The highest BCUT2D eigenvalue weighted by Crippen LogP contribution is 2.42. The molecule has 0 unspecified atom stereocenters. The van der Waals surface area contributed by atoms with Crippen molar-refractivity contribution in [1.29, 1.82) is 0 Å². The summed E-state index contributed by atoms with van der Waals surface area (Å²) >= 11 is 0. The smallest absolute Gasteiger partial charge is 0.328 e. The highest BCUT2D eigenvalue weighted by atomic mass is 16.5. The first kappa shape index (κ1) is 15.0. The molecule has 1 saturated carbocycles. The highest BCUT2D eigenvalue weighted by molar-refractivity contribution is 5.77. The first-order valence-electron chi connectivity index (χ1n) is 7.45. The lowest BCUT2D eigenvalue weighted by Gasteiger charge is -2.34. The van der Waals surface area contributed by atoms with Crippen molar-refractivity contribution < 1.29 is 9.53 Å². The number of hydrogen-bond donors (Lipinski definition) is 1. The fourth-order valence-corrected chi connectivity index (χ4v) is 2.75. The van der Waals surface area contributed by atoms with E-state index in [-0.39, 0.29) is 0 Å². The molecule has 0 spiro atoms. The van der Waals surface area contributed by atoms with Crippen LogP contribution in [0, 0.1) is 5.41 Å². The van der Waals surface area contributed by atoms with Gasteiger partial charge in [0.15, 0.2) is 0 Å². The zero-order valence-corrected chi connectivity index (χ0v) is 12.7. The molecule has 0 saturated heterocycles. The quantitative estimate of drug-likeness (QED) is 0.677. The van der Waals surface area contributed by atoms with Gasteiger partial charge in [0.1, 0.15) is 11.8 Å². The third-order valence-electron chi connectivity index (χ3n) is 4.28. The largest absolute Gasteiger partial charge is 0.425 e. The third-order valence-corrected chi connectivity index (χ3v) is 4.28. The first-order valence-corrected chi connectivity index (χ1v) is 7.45. The summed E-state index contributed by atoms with van der Waals surface area (Å²) in [4.78, 5) is 11.4. The molecule has 1 aromatic rings. The summed E-state index contributed by atoms with van der Waals surface area (Å²) in [6, 6.07) is 7.31. The molecule has 0 radical (unpaired) electrons. The van der Waals surface area contributed by atoms with Gasteiger partial charge in [0.05, 0.1) is 0 Å². The van der Waals surface area contributed by atoms with Crippen molar-refractivity contribution in [2.75, 3.05) is 0 Å². The van der Waals surface area contributed by atoms with E-state index >= 15 is 0 Å². The number of benzene rings is 1. The summed E-state index contributed by atoms with van der Waals surface area (Å²) in [7, 11) is 0. The standard InChI is InChI=1S/C17H25NO2/c1-12(18)16(19)20-15-6-4-13(5-7-15)14-8-10-17(2,3)11-9-14/h4-7,12,14H,8-11,18H2,1-3H3/t12-/m0/s1. The van der Waals surface area contributed by atoms with Crippen molar-refractivity contribution in [3.8, 4) is 5.75 Å². The summed E-state index contributed by atoms with van der Waals surface area (Å²) in [6.07, 6.45) is 5.04. The van der Waals surface area contributed by atoms with Gasteiger partial charge in [-0.3, -0.25) is 0 Å². The van der Waals surface area contributed by atoms with Crippen molar-refractivity contribution in [2.24, 2.45) is 11.1 Å². The molecule has 2 rings (SSSR count). The normalized spacial score (nSPS) is 20.4. The maximum absolute atomic E-state index is 11.4. The van der Waals surface area contributed by atoms with Gasteiger partial charge in [-0.1, -0.05) is 26.0 Å². The average Bonchev–Trinajstić information content (AvgIpc) is 2.39. The van der Waals surface area contributed by atoms with Crippen LogP contribution in [0.2, 0.25) is 0 Å². The Labute approximate surface area is 121 Å². The van der Waals surface area contributed by atoms with E-state index in [4.69, 9.17) is 10.5 Å². The predicted octanol–water partition coefficient (Wildman–Crippen LogP) is 3.62. The van der Waals surface area contributed by atoms with Gasteiger partial charge in [-0.25, -0.2) is 4.79 Å². The van der Waals surface area contributed by atoms with Crippen LogP contribution in [0.3, 0.4) is 0 Å². The van der Waals surface area contributed by atoms with Crippen LogP contribution in [0.15, 0.2) is 24.3 Å². The molecule has 1 aliphatic carbocycles. The number of esters is 1. The molecule has 0 heterocycles. The number of carbonyl (C=O) groups excluding carboxylic acids is 1. The topological polar surface area (TPSA) is 52.3 Å². The van der Waals surface area contributed by atoms with Crippen LogP contribution in [0.4, 0.5) is 0 Å². The van der Waals surface area contributed by atoms with Gasteiger partial charge < -0.3 is 10.5 Å². The minimum atomic E-state index is -0.588. The summed E-state index contributed by atoms with van der Waals surface area (Å²) in [5.74, 6) is 0.825. The minimum absolute atomic E-state index is 0.392. The van der Waals surface area contributed by atoms with Crippen LogP contribution in [0.25, 0.3) is 0 Å². The van der Waals surface area contributed by atoms with E-state index in [1.54, 1.807) is 6.92 Å². The predicted molar refractivity (Wildman–Crippen MR) is 80.7 cm³/mol. The van der Waals surface area contributed by atoms with Crippen molar-refractivity contribution in [1.82, 2.24) is 0 Å². The number of ether oxygens (including phenoxy) is 1. The van der Waals surface area contributed by atoms with Gasteiger partial charge in [-0.2, -0.15) is 0 Å². The van der Waals surface area contributed by atoms with Gasteiger partial charge in [-0.15, -0.1) is 0 Å². The molecular formula is C17H25NO2. The second-order valence-electron chi connectivity index (χ2n) is 6.72. The molecule has 1 atom stereocenters. The van der Waals surface area contributed by atoms with E-state index in [1.165, 1.54) is 31.2 Å². The molecule has 0 aromatic heterocycles. The molecule has 1 aromatic carbocycles. The zero-order chi connectivity index (χ0) is 14.8. The molecule has 0 aliphatic heterocycles. The Morgan fingerprint density at radius 3 is 2.30 bits per heavy atom. The number of nitrogens with two attached hydrogens (primary N) is 1.